The van der Waals surface area contributed by atoms with Crippen LogP contribution >= 0.6 is 22.7 Å². The second kappa shape index (κ2) is 7.70. The second-order valence-electron chi connectivity index (χ2n) is 7.56. The topological polar surface area (TPSA) is 72.8 Å². The van der Waals surface area contributed by atoms with Crippen LogP contribution in [0.15, 0.2) is 83.6 Å². The van der Waals surface area contributed by atoms with Crippen molar-refractivity contribution in [3.63, 3.8) is 0 Å². The van der Waals surface area contributed by atoms with Crippen molar-refractivity contribution in [3.05, 3.63) is 104 Å². The number of thiophene rings is 2. The summed E-state index contributed by atoms with van der Waals surface area (Å²) in [5.41, 5.74) is -2.19. The fraction of sp³-hybridized carbons (Fsp3) is 0.120. The number of benzene rings is 2. The molecule has 1 aliphatic heterocycles. The fourth-order valence-electron chi connectivity index (χ4n) is 3.97. The molecule has 0 fully saturated rings. The Kier molecular flexibility index (Phi) is 4.97. The molecule has 0 spiro atoms. The molecule has 1 aliphatic rings. The van der Waals surface area contributed by atoms with Gasteiger partial charge in [0.2, 0.25) is 5.60 Å². The van der Waals surface area contributed by atoms with Crippen LogP contribution in [0, 0.1) is 0 Å². The average Bonchev–Trinajstić information content (AvgIpc) is 3.53. The molecule has 4 aromatic rings. The van der Waals surface area contributed by atoms with E-state index >= 15 is 0 Å². The third-order valence-corrected chi connectivity index (χ3v) is 7.67. The summed E-state index contributed by atoms with van der Waals surface area (Å²) in [6, 6.07) is 21.1. The SMILES string of the molecule is CC1(C(=O)OC(=O)C(O)(c2cccs2)c2cccs2)c2ccccc2Oc2ccccc21. The number of ether oxygens (including phenoxy) is 2. The van der Waals surface area contributed by atoms with E-state index in [1.807, 2.05) is 12.1 Å². The van der Waals surface area contributed by atoms with Gasteiger partial charge in [0.05, 0.1) is 9.75 Å². The highest BCUT2D eigenvalue weighted by atomic mass is 32.1. The van der Waals surface area contributed by atoms with Crippen LogP contribution in [0.5, 0.6) is 11.5 Å². The Morgan fingerprint density at radius 1 is 0.844 bits per heavy atom. The highest BCUT2D eigenvalue weighted by Gasteiger charge is 2.50. The summed E-state index contributed by atoms with van der Waals surface area (Å²) in [5, 5.41) is 15.0. The first-order chi connectivity index (χ1) is 15.5. The minimum Gasteiger partial charge on any atom is -0.457 e. The van der Waals surface area contributed by atoms with Crippen LogP contribution < -0.4 is 4.74 Å². The number of fused-ring (bicyclic) bond motifs is 2. The lowest BCUT2D eigenvalue weighted by atomic mass is 9.74. The number of rotatable bonds is 4. The largest absolute Gasteiger partial charge is 0.457 e. The average molecular weight is 463 g/mol. The molecule has 0 aliphatic carbocycles. The zero-order chi connectivity index (χ0) is 22.3. The van der Waals surface area contributed by atoms with E-state index in [2.05, 4.69) is 0 Å². The molecule has 5 rings (SSSR count). The molecule has 0 unspecified atom stereocenters. The maximum Gasteiger partial charge on any atom is 0.357 e. The van der Waals surface area contributed by atoms with E-state index in [1.165, 1.54) is 22.7 Å². The predicted octanol–water partition coefficient (Wildman–Crippen LogP) is 5.23. The van der Waals surface area contributed by atoms with Crippen LogP contribution in [0.2, 0.25) is 0 Å². The molecule has 0 saturated heterocycles. The molecular weight excluding hydrogens is 444 g/mol. The van der Waals surface area contributed by atoms with Gasteiger partial charge in [-0.25, -0.2) is 4.79 Å². The number of esters is 2. The first kappa shape index (κ1) is 20.6. The van der Waals surface area contributed by atoms with Gasteiger partial charge in [-0.15, -0.1) is 22.7 Å². The van der Waals surface area contributed by atoms with Crippen molar-refractivity contribution < 1.29 is 24.2 Å². The smallest absolute Gasteiger partial charge is 0.357 e. The van der Waals surface area contributed by atoms with Crippen molar-refractivity contribution >= 4 is 34.6 Å². The van der Waals surface area contributed by atoms with Gasteiger partial charge in [0.15, 0.2) is 0 Å². The monoisotopic (exact) mass is 462 g/mol. The van der Waals surface area contributed by atoms with Crippen LogP contribution in [0.1, 0.15) is 27.8 Å². The molecule has 1 N–H and O–H groups in total. The van der Waals surface area contributed by atoms with Crippen LogP contribution in [0.25, 0.3) is 0 Å². The van der Waals surface area contributed by atoms with Crippen LogP contribution in [-0.4, -0.2) is 17.0 Å². The lowest BCUT2D eigenvalue weighted by molar-refractivity contribution is -0.174. The maximum absolute atomic E-state index is 13.6. The molecule has 7 heteroatoms. The molecule has 0 saturated carbocycles. The van der Waals surface area contributed by atoms with E-state index in [0.29, 0.717) is 32.4 Å². The number of hydrogen-bond acceptors (Lipinski definition) is 7. The van der Waals surface area contributed by atoms with Gasteiger partial charge in [-0.05, 0) is 41.9 Å². The molecule has 32 heavy (non-hydrogen) atoms. The number of aliphatic hydroxyl groups is 1. The molecule has 2 aromatic carbocycles. The highest BCUT2D eigenvalue weighted by molar-refractivity contribution is 7.12. The van der Waals surface area contributed by atoms with Crippen molar-refractivity contribution in [1.82, 2.24) is 0 Å². The van der Waals surface area contributed by atoms with Gasteiger partial charge in [-0.1, -0.05) is 48.5 Å². The van der Waals surface area contributed by atoms with Gasteiger partial charge >= 0.3 is 11.9 Å². The van der Waals surface area contributed by atoms with Crippen molar-refractivity contribution in [3.8, 4) is 11.5 Å². The molecule has 5 nitrogen and oxygen atoms in total. The lowest BCUT2D eigenvalue weighted by Crippen LogP contribution is -2.44. The molecular formula is C25H18O5S2. The van der Waals surface area contributed by atoms with Gasteiger partial charge in [-0.3, -0.25) is 4.79 Å². The van der Waals surface area contributed by atoms with Gasteiger partial charge in [0, 0.05) is 11.1 Å². The summed E-state index contributed by atoms with van der Waals surface area (Å²) in [7, 11) is 0. The van der Waals surface area contributed by atoms with Crippen LogP contribution in [-0.2, 0) is 25.3 Å². The Morgan fingerprint density at radius 3 is 1.81 bits per heavy atom. The summed E-state index contributed by atoms with van der Waals surface area (Å²) in [5.74, 6) is -0.776. The number of para-hydroxylation sites is 2. The van der Waals surface area contributed by atoms with Crippen molar-refractivity contribution in [1.29, 1.82) is 0 Å². The van der Waals surface area contributed by atoms with E-state index in [1.54, 1.807) is 78.3 Å². The zero-order valence-corrected chi connectivity index (χ0v) is 18.6. The fourth-order valence-corrected chi connectivity index (χ4v) is 5.69. The van der Waals surface area contributed by atoms with Gasteiger partial charge < -0.3 is 14.6 Å². The van der Waals surface area contributed by atoms with E-state index in [0.717, 1.165) is 0 Å². The Hall–Kier alpha value is -3.26. The summed E-state index contributed by atoms with van der Waals surface area (Å²) in [6.45, 7) is 1.71. The molecule has 0 bridgehead atoms. The van der Waals surface area contributed by atoms with E-state index in [-0.39, 0.29) is 0 Å². The summed E-state index contributed by atoms with van der Waals surface area (Å²) >= 11 is 2.44. The Morgan fingerprint density at radius 2 is 1.34 bits per heavy atom. The quantitative estimate of drug-likeness (QED) is 0.332. The van der Waals surface area contributed by atoms with E-state index in [4.69, 9.17) is 9.47 Å². The molecule has 0 atom stereocenters. The van der Waals surface area contributed by atoms with E-state index in [9.17, 15) is 14.7 Å². The second-order valence-corrected chi connectivity index (χ2v) is 9.46. The normalized spacial score (nSPS) is 14.1. The number of hydrogen-bond donors (Lipinski definition) is 1. The number of carbonyl (C=O) groups excluding carboxylic acids is 2. The molecule has 2 aromatic heterocycles. The zero-order valence-electron chi connectivity index (χ0n) is 17.0. The van der Waals surface area contributed by atoms with Crippen molar-refractivity contribution in [2.24, 2.45) is 0 Å². The van der Waals surface area contributed by atoms with Crippen molar-refractivity contribution in [2.75, 3.05) is 0 Å². The minimum absolute atomic E-state index is 0.385. The van der Waals surface area contributed by atoms with Crippen molar-refractivity contribution in [2.45, 2.75) is 17.9 Å². The van der Waals surface area contributed by atoms with Gasteiger partial charge in [0.25, 0.3) is 0 Å². The Balaban J connectivity index is 1.57. The van der Waals surface area contributed by atoms with Crippen LogP contribution in [0.4, 0.5) is 0 Å². The number of carbonyl (C=O) groups is 2. The third kappa shape index (κ3) is 3.01. The molecule has 3 heterocycles. The summed E-state index contributed by atoms with van der Waals surface area (Å²) < 4.78 is 11.4. The first-order valence-electron chi connectivity index (χ1n) is 9.89. The van der Waals surface area contributed by atoms with E-state index < -0.39 is 23.0 Å². The van der Waals surface area contributed by atoms with Gasteiger partial charge in [-0.2, -0.15) is 0 Å². The van der Waals surface area contributed by atoms with Gasteiger partial charge in [0.1, 0.15) is 16.9 Å². The minimum atomic E-state index is -2.07. The predicted molar refractivity (Wildman–Crippen MR) is 122 cm³/mol. The maximum atomic E-state index is 13.6. The lowest BCUT2D eigenvalue weighted by Gasteiger charge is -2.35. The standard InChI is InChI=1S/C25H18O5S2/c1-24(16-8-2-4-10-18(16)29-19-11-5-3-9-17(19)24)22(26)30-23(27)25(28,20-12-6-14-31-20)21-13-7-15-32-21/h2-15,28H,1H3. The Labute approximate surface area is 192 Å². The molecule has 0 amide bonds. The van der Waals surface area contributed by atoms with Crippen LogP contribution in [0.3, 0.4) is 0 Å². The Bertz CT molecular complexity index is 1210. The molecule has 160 valence electrons. The molecule has 0 radical (unpaired) electrons. The summed E-state index contributed by atoms with van der Waals surface area (Å²) in [4.78, 5) is 27.8. The first-order valence-corrected chi connectivity index (χ1v) is 11.7. The highest BCUT2D eigenvalue weighted by Crippen LogP contribution is 2.49. The summed E-state index contributed by atoms with van der Waals surface area (Å²) in [6.07, 6.45) is 0. The third-order valence-electron chi connectivity index (χ3n) is 5.72.